The lowest BCUT2D eigenvalue weighted by atomic mass is 10.1. The minimum atomic E-state index is 0.264. The Balaban J connectivity index is 1.83. The van der Waals surface area contributed by atoms with Crippen molar-refractivity contribution in [3.63, 3.8) is 0 Å². The molecule has 4 rings (SSSR count). The Bertz CT molecular complexity index is 788. The number of aromatic hydroxyl groups is 1. The highest BCUT2D eigenvalue weighted by Crippen LogP contribution is 2.23. The molecule has 2 N–H and O–H groups in total. The van der Waals surface area contributed by atoms with E-state index in [9.17, 15) is 5.11 Å². The average Bonchev–Trinajstić information content (AvgIpc) is 3.16. The Hall–Kier alpha value is -2.40. The number of hydrogen-bond donors (Lipinski definition) is 2. The van der Waals surface area contributed by atoms with Gasteiger partial charge in [-0.15, -0.1) is 0 Å². The summed E-state index contributed by atoms with van der Waals surface area (Å²) in [7, 11) is 0. The summed E-state index contributed by atoms with van der Waals surface area (Å²) in [5.74, 6) is 1.28. The zero-order valence-electron chi connectivity index (χ0n) is 12.2. The number of aromatic nitrogens is 3. The van der Waals surface area contributed by atoms with Gasteiger partial charge in [0.15, 0.2) is 5.65 Å². The lowest BCUT2D eigenvalue weighted by molar-refractivity contribution is 0.475. The standard InChI is InChI=1S/C17H18N4O/c22-14-7-5-13(6-8-14)21-16(11-12-3-1-9-18-12)20-15-4-2-10-19-17(15)21/h2,4-8,10,12,18,22H,1,3,9,11H2. The number of pyridine rings is 1. The monoisotopic (exact) mass is 294 g/mol. The van der Waals surface area contributed by atoms with Crippen molar-refractivity contribution in [3.05, 3.63) is 48.4 Å². The number of benzene rings is 1. The van der Waals surface area contributed by atoms with E-state index in [1.807, 2.05) is 24.3 Å². The zero-order chi connectivity index (χ0) is 14.9. The molecule has 2 aromatic heterocycles. The SMILES string of the molecule is Oc1ccc(-n2c(CC3CCCN3)nc3cccnc32)cc1. The van der Waals surface area contributed by atoms with Crippen LogP contribution in [-0.4, -0.2) is 32.2 Å². The molecule has 0 saturated carbocycles. The van der Waals surface area contributed by atoms with E-state index < -0.39 is 0 Å². The number of hydrogen-bond acceptors (Lipinski definition) is 4. The van der Waals surface area contributed by atoms with Crippen molar-refractivity contribution in [3.8, 4) is 11.4 Å². The summed E-state index contributed by atoms with van der Waals surface area (Å²) in [4.78, 5) is 9.27. The molecule has 1 aliphatic heterocycles. The molecule has 1 saturated heterocycles. The molecule has 1 atom stereocenters. The Morgan fingerprint density at radius 3 is 2.86 bits per heavy atom. The van der Waals surface area contributed by atoms with Crippen molar-refractivity contribution >= 4 is 11.2 Å². The van der Waals surface area contributed by atoms with Crippen molar-refractivity contribution in [2.24, 2.45) is 0 Å². The van der Waals surface area contributed by atoms with Crippen LogP contribution < -0.4 is 5.32 Å². The van der Waals surface area contributed by atoms with Gasteiger partial charge in [0.25, 0.3) is 0 Å². The summed E-state index contributed by atoms with van der Waals surface area (Å²) in [6.45, 7) is 1.09. The number of phenolic OH excluding ortho intramolecular Hbond substituents is 1. The van der Waals surface area contributed by atoms with Crippen molar-refractivity contribution in [2.75, 3.05) is 6.54 Å². The van der Waals surface area contributed by atoms with Gasteiger partial charge in [-0.05, 0) is 55.8 Å². The fraction of sp³-hybridized carbons (Fsp3) is 0.294. The topological polar surface area (TPSA) is 63.0 Å². The third kappa shape index (κ3) is 2.33. The first-order valence-corrected chi connectivity index (χ1v) is 7.66. The number of rotatable bonds is 3. The predicted octanol–water partition coefficient (Wildman–Crippen LogP) is 2.42. The Morgan fingerprint density at radius 1 is 1.23 bits per heavy atom. The second kappa shape index (κ2) is 5.42. The highest BCUT2D eigenvalue weighted by molar-refractivity contribution is 5.73. The molecule has 5 nitrogen and oxygen atoms in total. The zero-order valence-corrected chi connectivity index (χ0v) is 12.2. The smallest absolute Gasteiger partial charge is 0.164 e. The number of nitrogens with one attached hydrogen (secondary N) is 1. The first kappa shape index (κ1) is 13.3. The van der Waals surface area contributed by atoms with Gasteiger partial charge in [-0.25, -0.2) is 9.97 Å². The first-order valence-electron chi connectivity index (χ1n) is 7.66. The minimum Gasteiger partial charge on any atom is -0.508 e. The van der Waals surface area contributed by atoms with Crippen LogP contribution in [0.2, 0.25) is 0 Å². The quantitative estimate of drug-likeness (QED) is 0.778. The molecule has 0 spiro atoms. The van der Waals surface area contributed by atoms with E-state index in [-0.39, 0.29) is 5.75 Å². The van der Waals surface area contributed by atoms with Crippen molar-refractivity contribution in [1.82, 2.24) is 19.9 Å². The van der Waals surface area contributed by atoms with Crippen LogP contribution in [0.25, 0.3) is 16.9 Å². The van der Waals surface area contributed by atoms with E-state index in [4.69, 9.17) is 4.98 Å². The lowest BCUT2D eigenvalue weighted by Crippen LogP contribution is -2.25. The fourth-order valence-electron chi connectivity index (χ4n) is 3.12. The molecule has 22 heavy (non-hydrogen) atoms. The molecule has 1 aliphatic rings. The minimum absolute atomic E-state index is 0.264. The molecule has 1 aromatic carbocycles. The third-order valence-electron chi connectivity index (χ3n) is 4.18. The number of fused-ring (bicyclic) bond motifs is 1. The van der Waals surface area contributed by atoms with E-state index in [2.05, 4.69) is 14.9 Å². The molecule has 3 aromatic rings. The van der Waals surface area contributed by atoms with Gasteiger partial charge in [0.1, 0.15) is 17.1 Å². The van der Waals surface area contributed by atoms with E-state index in [1.165, 1.54) is 12.8 Å². The molecule has 5 heteroatoms. The molecule has 1 fully saturated rings. The van der Waals surface area contributed by atoms with Crippen molar-refractivity contribution < 1.29 is 5.11 Å². The van der Waals surface area contributed by atoms with Gasteiger partial charge in [0, 0.05) is 24.3 Å². The third-order valence-corrected chi connectivity index (χ3v) is 4.18. The molecular weight excluding hydrogens is 276 g/mol. The summed E-state index contributed by atoms with van der Waals surface area (Å²) < 4.78 is 2.09. The van der Waals surface area contributed by atoms with Crippen LogP contribution >= 0.6 is 0 Å². The van der Waals surface area contributed by atoms with Crippen LogP contribution in [0.3, 0.4) is 0 Å². The number of nitrogens with zero attached hydrogens (tertiary/aromatic N) is 3. The lowest BCUT2D eigenvalue weighted by Gasteiger charge is -2.12. The number of phenols is 1. The Kier molecular flexibility index (Phi) is 3.27. The average molecular weight is 294 g/mol. The maximum Gasteiger partial charge on any atom is 0.164 e. The highest BCUT2D eigenvalue weighted by Gasteiger charge is 2.20. The second-order valence-electron chi connectivity index (χ2n) is 5.72. The summed E-state index contributed by atoms with van der Waals surface area (Å²) in [6.07, 6.45) is 5.09. The van der Waals surface area contributed by atoms with Gasteiger partial charge < -0.3 is 10.4 Å². The van der Waals surface area contributed by atoms with Crippen molar-refractivity contribution in [1.29, 1.82) is 0 Å². The second-order valence-corrected chi connectivity index (χ2v) is 5.72. The predicted molar refractivity (Wildman–Crippen MR) is 85.3 cm³/mol. The van der Waals surface area contributed by atoms with Gasteiger partial charge in [0.2, 0.25) is 0 Å². The van der Waals surface area contributed by atoms with Gasteiger partial charge in [0.05, 0.1) is 0 Å². The van der Waals surface area contributed by atoms with Crippen molar-refractivity contribution in [2.45, 2.75) is 25.3 Å². The summed E-state index contributed by atoms with van der Waals surface area (Å²) in [5.41, 5.74) is 2.75. The highest BCUT2D eigenvalue weighted by atomic mass is 16.3. The molecule has 112 valence electrons. The van der Waals surface area contributed by atoms with Gasteiger partial charge >= 0.3 is 0 Å². The normalized spacial score (nSPS) is 18.1. The van der Waals surface area contributed by atoms with E-state index in [0.29, 0.717) is 6.04 Å². The molecule has 0 amide bonds. The van der Waals surface area contributed by atoms with Crippen LogP contribution in [-0.2, 0) is 6.42 Å². The van der Waals surface area contributed by atoms with Gasteiger partial charge in [-0.2, -0.15) is 0 Å². The van der Waals surface area contributed by atoms with Crippen LogP contribution in [0.15, 0.2) is 42.6 Å². The maximum atomic E-state index is 9.52. The van der Waals surface area contributed by atoms with Crippen LogP contribution in [0.4, 0.5) is 0 Å². The molecule has 0 radical (unpaired) electrons. The number of imidazole rings is 1. The molecule has 3 heterocycles. The summed E-state index contributed by atoms with van der Waals surface area (Å²) in [5, 5.41) is 13.0. The Morgan fingerprint density at radius 2 is 2.09 bits per heavy atom. The Labute approximate surface area is 128 Å². The van der Waals surface area contributed by atoms with Crippen LogP contribution in [0.1, 0.15) is 18.7 Å². The fourth-order valence-corrected chi connectivity index (χ4v) is 3.12. The molecular formula is C17H18N4O. The van der Waals surface area contributed by atoms with E-state index in [0.717, 1.165) is 35.6 Å². The molecule has 0 bridgehead atoms. The van der Waals surface area contributed by atoms with E-state index in [1.54, 1.807) is 18.3 Å². The maximum absolute atomic E-state index is 9.52. The van der Waals surface area contributed by atoms with Gasteiger partial charge in [-0.1, -0.05) is 0 Å². The summed E-state index contributed by atoms with van der Waals surface area (Å²) in [6, 6.07) is 11.6. The van der Waals surface area contributed by atoms with Crippen LogP contribution in [0.5, 0.6) is 5.75 Å². The first-order chi connectivity index (χ1) is 10.8. The van der Waals surface area contributed by atoms with Gasteiger partial charge in [-0.3, -0.25) is 4.57 Å². The van der Waals surface area contributed by atoms with Crippen LogP contribution in [0, 0.1) is 0 Å². The largest absolute Gasteiger partial charge is 0.508 e. The molecule has 0 aliphatic carbocycles. The summed E-state index contributed by atoms with van der Waals surface area (Å²) >= 11 is 0. The molecule has 1 unspecified atom stereocenters. The van der Waals surface area contributed by atoms with E-state index >= 15 is 0 Å².